The van der Waals surface area contributed by atoms with Crippen molar-refractivity contribution in [3.8, 4) is 5.75 Å². The van der Waals surface area contributed by atoms with Crippen molar-refractivity contribution < 1.29 is 18.3 Å². The molecule has 0 fully saturated rings. The number of pyridine rings is 1. The molecule has 0 bridgehead atoms. The van der Waals surface area contributed by atoms with Crippen molar-refractivity contribution >= 4 is 34.8 Å². The second kappa shape index (κ2) is 9.38. The molecule has 1 amide bonds. The molecule has 2 aromatic heterocycles. The first-order valence-corrected chi connectivity index (χ1v) is 10.6. The van der Waals surface area contributed by atoms with Gasteiger partial charge in [-0.25, -0.2) is 19.0 Å². The monoisotopic (exact) mass is 445 g/mol. The molecule has 0 aliphatic heterocycles. The number of carbonyl (C=O) groups is 1. The van der Waals surface area contributed by atoms with E-state index in [2.05, 4.69) is 9.71 Å². The molecule has 0 saturated carbocycles. The predicted molar refractivity (Wildman–Crippen MR) is 120 cm³/mol. The number of rotatable bonds is 6. The summed E-state index contributed by atoms with van der Waals surface area (Å²) >= 11 is 1.36. The Bertz CT molecular complexity index is 1180. The van der Waals surface area contributed by atoms with Crippen LogP contribution in [0.4, 0.5) is 15.0 Å². The zero-order valence-corrected chi connectivity index (χ0v) is 18.8. The molecule has 7 nitrogen and oxygen atoms in total. The molecule has 1 N–H and O–H groups in total. The molecular formula is C22H24FN3O4S. The lowest BCUT2D eigenvalue weighted by molar-refractivity contribution is 0.172. The fraction of sp³-hybridized carbons (Fsp3) is 0.318. The summed E-state index contributed by atoms with van der Waals surface area (Å²) in [6.07, 6.45) is 1.03. The molecule has 3 aromatic rings. The van der Waals surface area contributed by atoms with Gasteiger partial charge in [-0.05, 0) is 48.2 Å². The van der Waals surface area contributed by atoms with Crippen LogP contribution in [0, 0.1) is 12.7 Å². The van der Waals surface area contributed by atoms with Crippen LogP contribution in [-0.2, 0) is 6.42 Å². The summed E-state index contributed by atoms with van der Waals surface area (Å²) in [4.78, 5) is 29.7. The van der Waals surface area contributed by atoms with Crippen LogP contribution in [0.1, 0.15) is 30.5 Å². The van der Waals surface area contributed by atoms with Gasteiger partial charge < -0.3 is 18.8 Å². The number of ether oxygens (including phenoxy) is 1. The molecule has 0 radical (unpaired) electrons. The first kappa shape index (κ1) is 22.6. The Morgan fingerprint density at radius 2 is 2.06 bits per heavy atom. The summed E-state index contributed by atoms with van der Waals surface area (Å²) in [6, 6.07) is 6.38. The zero-order chi connectivity index (χ0) is 22.7. The van der Waals surface area contributed by atoms with Gasteiger partial charge in [0.05, 0.1) is 0 Å². The van der Waals surface area contributed by atoms with Gasteiger partial charge in [0.25, 0.3) is 0 Å². The van der Waals surface area contributed by atoms with Gasteiger partial charge in [-0.2, -0.15) is 0 Å². The topological polar surface area (TPSA) is 84.7 Å². The van der Waals surface area contributed by atoms with E-state index in [-0.39, 0.29) is 23.2 Å². The van der Waals surface area contributed by atoms with Gasteiger partial charge in [-0.3, -0.25) is 0 Å². The van der Waals surface area contributed by atoms with E-state index >= 15 is 0 Å². The molecule has 0 saturated heterocycles. The highest BCUT2D eigenvalue weighted by Crippen LogP contribution is 2.27. The molecule has 9 heteroatoms. The van der Waals surface area contributed by atoms with Crippen molar-refractivity contribution in [2.24, 2.45) is 0 Å². The van der Waals surface area contributed by atoms with Gasteiger partial charge in [-0.1, -0.05) is 13.8 Å². The number of hydrogen-bond donors (Lipinski definition) is 1. The molecule has 0 unspecified atom stereocenters. The number of aromatic nitrogens is 1. The van der Waals surface area contributed by atoms with Crippen molar-refractivity contribution in [1.82, 2.24) is 9.88 Å². The van der Waals surface area contributed by atoms with E-state index in [1.165, 1.54) is 29.1 Å². The fourth-order valence-electron chi connectivity index (χ4n) is 2.89. The summed E-state index contributed by atoms with van der Waals surface area (Å²) < 4.78 is 28.5. The average molecular weight is 446 g/mol. The summed E-state index contributed by atoms with van der Waals surface area (Å²) in [5, 5.41) is 0.934. The number of benzene rings is 1. The molecule has 0 aliphatic carbocycles. The second-order valence-corrected chi connectivity index (χ2v) is 8.87. The highest BCUT2D eigenvalue weighted by molar-refractivity contribution is 8.01. The number of anilines is 1. The van der Waals surface area contributed by atoms with Gasteiger partial charge in [0.2, 0.25) is 0 Å². The minimum Gasteiger partial charge on any atom is -0.422 e. The quantitative estimate of drug-likeness (QED) is 0.433. The van der Waals surface area contributed by atoms with E-state index in [1.807, 2.05) is 13.8 Å². The number of hydrogen-bond acceptors (Lipinski definition) is 7. The van der Waals surface area contributed by atoms with Crippen LogP contribution >= 0.6 is 11.9 Å². The third-order valence-electron chi connectivity index (χ3n) is 4.56. The summed E-state index contributed by atoms with van der Waals surface area (Å²) in [5.74, 6) is -0.105. The average Bonchev–Trinajstić information content (AvgIpc) is 2.70. The van der Waals surface area contributed by atoms with Gasteiger partial charge in [0.1, 0.15) is 11.3 Å². The van der Waals surface area contributed by atoms with Gasteiger partial charge in [-0.15, -0.1) is 0 Å². The lowest BCUT2D eigenvalue weighted by Crippen LogP contribution is -2.25. The largest absolute Gasteiger partial charge is 0.422 e. The predicted octanol–water partition coefficient (Wildman–Crippen LogP) is 4.76. The minimum atomic E-state index is -0.566. The molecule has 0 atom stereocenters. The highest BCUT2D eigenvalue weighted by Gasteiger charge is 2.17. The maximum atomic E-state index is 14.9. The first-order valence-electron chi connectivity index (χ1n) is 9.68. The van der Waals surface area contributed by atoms with Gasteiger partial charge in [0, 0.05) is 49.0 Å². The zero-order valence-electron chi connectivity index (χ0n) is 18.0. The van der Waals surface area contributed by atoms with Gasteiger partial charge in [0.15, 0.2) is 11.6 Å². The van der Waals surface area contributed by atoms with Crippen molar-refractivity contribution in [1.29, 1.82) is 0 Å². The normalized spacial score (nSPS) is 11.1. The van der Waals surface area contributed by atoms with E-state index in [4.69, 9.17) is 9.15 Å². The Balaban J connectivity index is 1.94. The minimum absolute atomic E-state index is 0.0663. The summed E-state index contributed by atoms with van der Waals surface area (Å²) in [6.45, 7) is 5.75. The van der Waals surface area contributed by atoms with Crippen molar-refractivity contribution in [3.63, 3.8) is 0 Å². The van der Waals surface area contributed by atoms with E-state index in [0.29, 0.717) is 27.7 Å². The molecule has 0 spiro atoms. The maximum Gasteiger partial charge on any atom is 0.414 e. The highest BCUT2D eigenvalue weighted by atomic mass is 32.2. The number of aryl methyl sites for hydroxylation is 1. The number of fused-ring (bicyclic) bond motifs is 1. The van der Waals surface area contributed by atoms with Crippen LogP contribution in [0.15, 0.2) is 39.7 Å². The molecule has 1 aromatic carbocycles. The van der Waals surface area contributed by atoms with Crippen LogP contribution in [0.25, 0.3) is 11.0 Å². The summed E-state index contributed by atoms with van der Waals surface area (Å²) in [5.41, 5.74) is 1.11. The lowest BCUT2D eigenvalue weighted by atomic mass is 10.00. The van der Waals surface area contributed by atoms with Crippen molar-refractivity contribution in [2.75, 3.05) is 18.8 Å². The van der Waals surface area contributed by atoms with Crippen molar-refractivity contribution in [2.45, 2.75) is 32.4 Å². The number of carbonyl (C=O) groups excluding carboxylic acids is 1. The Hall–Kier alpha value is -3.07. The van der Waals surface area contributed by atoms with Crippen LogP contribution in [0.2, 0.25) is 0 Å². The fourth-order valence-corrected chi connectivity index (χ4v) is 3.38. The SMILES string of the molecule is Cc1c(Cc2ccnc(NSC(C)C)c2F)c(=O)oc2cc(OC(=O)N(C)C)ccc12. The van der Waals surface area contributed by atoms with E-state index in [1.54, 1.807) is 39.2 Å². The number of halogens is 1. The molecule has 0 aliphatic rings. The third-order valence-corrected chi connectivity index (χ3v) is 5.34. The number of amides is 1. The Morgan fingerprint density at radius 1 is 1.32 bits per heavy atom. The number of nitrogens with one attached hydrogen (secondary N) is 1. The molecule has 164 valence electrons. The standard InChI is InChI=1S/C22H24FN3O4S/c1-12(2)31-25-20-19(23)14(8-9-24-20)10-17-13(3)16-7-6-15(29-22(28)26(4)5)11-18(16)30-21(17)27/h6-9,11-12H,10H2,1-5H3,(H,24,25). The molecule has 31 heavy (non-hydrogen) atoms. The van der Waals surface area contributed by atoms with Crippen LogP contribution in [0.5, 0.6) is 5.75 Å². The summed E-state index contributed by atoms with van der Waals surface area (Å²) in [7, 11) is 3.14. The Kier molecular flexibility index (Phi) is 6.84. The van der Waals surface area contributed by atoms with Gasteiger partial charge >= 0.3 is 11.7 Å². The molecular weight excluding hydrogens is 421 g/mol. The van der Waals surface area contributed by atoms with E-state index in [0.717, 1.165) is 0 Å². The Labute approximate surface area is 183 Å². The third kappa shape index (κ3) is 5.16. The van der Waals surface area contributed by atoms with Crippen LogP contribution in [-0.4, -0.2) is 35.3 Å². The second-order valence-electron chi connectivity index (χ2n) is 7.49. The Morgan fingerprint density at radius 3 is 2.74 bits per heavy atom. The van der Waals surface area contributed by atoms with Crippen LogP contribution in [0.3, 0.4) is 0 Å². The van der Waals surface area contributed by atoms with E-state index < -0.39 is 17.5 Å². The van der Waals surface area contributed by atoms with Crippen LogP contribution < -0.4 is 15.1 Å². The lowest BCUT2D eigenvalue weighted by Gasteiger charge is -2.13. The number of nitrogens with zero attached hydrogens (tertiary/aromatic N) is 2. The first-order chi connectivity index (χ1) is 14.7. The van der Waals surface area contributed by atoms with Crippen molar-refractivity contribution in [3.05, 3.63) is 63.4 Å². The maximum absolute atomic E-state index is 14.9. The molecule has 2 heterocycles. The smallest absolute Gasteiger partial charge is 0.414 e. The molecule has 3 rings (SSSR count). The van der Waals surface area contributed by atoms with E-state index in [9.17, 15) is 14.0 Å².